The molecule has 0 heterocycles. The molecule has 0 aliphatic heterocycles. The van der Waals surface area contributed by atoms with Gasteiger partial charge in [-0.25, -0.2) is 0 Å². The van der Waals surface area contributed by atoms with E-state index >= 15 is 0 Å². The summed E-state index contributed by atoms with van der Waals surface area (Å²) in [6.45, 7) is 17.0. The molecule has 0 bridgehead atoms. The molecule has 1 N–H and O–H groups in total. The molecule has 0 rings (SSSR count). The lowest BCUT2D eigenvalue weighted by Crippen LogP contribution is -2.14. The maximum atomic E-state index is 8.24. The van der Waals surface area contributed by atoms with Gasteiger partial charge in [0.1, 0.15) is 0 Å². The van der Waals surface area contributed by atoms with Gasteiger partial charge < -0.3 is 10.0 Å². The number of nitrogens with zero attached hydrogens (tertiary/aromatic N) is 1. The summed E-state index contributed by atoms with van der Waals surface area (Å²) in [7, 11) is 4.23. The predicted octanol–water partition coefficient (Wildman–Crippen LogP) is 5.06. The van der Waals surface area contributed by atoms with Gasteiger partial charge in [0.15, 0.2) is 0 Å². The van der Waals surface area contributed by atoms with Crippen molar-refractivity contribution in [3.05, 3.63) is 0 Å². The molecule has 2 heteroatoms. The zero-order valence-electron chi connectivity index (χ0n) is 15.9. The van der Waals surface area contributed by atoms with Crippen LogP contribution in [-0.2, 0) is 0 Å². The third kappa shape index (κ3) is 43.0. The Morgan fingerprint density at radius 3 is 1.20 bits per heavy atom. The fourth-order valence-corrected chi connectivity index (χ4v) is 1.35. The zero-order valence-corrected chi connectivity index (χ0v) is 15.9. The van der Waals surface area contributed by atoms with Gasteiger partial charge in [0.2, 0.25) is 0 Å². The van der Waals surface area contributed by atoms with Gasteiger partial charge in [0.25, 0.3) is 0 Å². The number of aliphatic hydroxyl groups is 1. The van der Waals surface area contributed by atoms with E-state index in [2.05, 4.69) is 67.5 Å². The van der Waals surface area contributed by atoms with Gasteiger partial charge in [0, 0.05) is 6.61 Å². The number of aliphatic hydroxyl groups excluding tert-OH is 1. The summed E-state index contributed by atoms with van der Waals surface area (Å²) in [6, 6.07) is 0. The molecule has 0 aromatic heterocycles. The van der Waals surface area contributed by atoms with E-state index in [0.29, 0.717) is 12.5 Å². The Balaban J connectivity index is -0.000000221. The third-order valence-electron chi connectivity index (χ3n) is 2.73. The highest BCUT2D eigenvalue weighted by Gasteiger charge is 1.93. The molecule has 0 saturated carbocycles. The molecule has 126 valence electrons. The van der Waals surface area contributed by atoms with E-state index in [1.54, 1.807) is 0 Å². The normalized spacial score (nSPS) is 10.5. The van der Waals surface area contributed by atoms with E-state index in [9.17, 15) is 0 Å². The molecule has 0 aromatic rings. The fraction of sp³-hybridized carbons (Fsp3) is 1.00. The quantitative estimate of drug-likeness (QED) is 0.708. The van der Waals surface area contributed by atoms with Crippen LogP contribution < -0.4 is 0 Å². The lowest BCUT2D eigenvalue weighted by atomic mass is 10.1. The van der Waals surface area contributed by atoms with Gasteiger partial charge in [-0.3, -0.25) is 0 Å². The predicted molar refractivity (Wildman–Crippen MR) is 94.3 cm³/mol. The highest BCUT2D eigenvalue weighted by atomic mass is 16.2. The van der Waals surface area contributed by atoms with Gasteiger partial charge in [0.05, 0.1) is 0 Å². The van der Waals surface area contributed by atoms with Crippen molar-refractivity contribution in [2.24, 2.45) is 17.8 Å². The molecule has 0 atom stereocenters. The monoisotopic (exact) mass is 289 g/mol. The number of hydrogen-bond donors (Lipinski definition) is 1. The average molecular weight is 290 g/mol. The molecule has 0 radical (unpaired) electrons. The van der Waals surface area contributed by atoms with Crippen LogP contribution in [0.25, 0.3) is 0 Å². The SMILES string of the molecule is CC(C)CCN(C)C.CC(C)CCO.CCCC(C)C. The van der Waals surface area contributed by atoms with Crippen LogP contribution >= 0.6 is 0 Å². The van der Waals surface area contributed by atoms with Gasteiger partial charge in [-0.1, -0.05) is 61.3 Å². The third-order valence-corrected chi connectivity index (χ3v) is 2.73. The molecule has 2 nitrogen and oxygen atoms in total. The largest absolute Gasteiger partial charge is 0.396 e. The Bertz CT molecular complexity index is 135. The second-order valence-corrected chi connectivity index (χ2v) is 7.07. The van der Waals surface area contributed by atoms with Crippen LogP contribution in [0.15, 0.2) is 0 Å². The Morgan fingerprint density at radius 2 is 1.15 bits per heavy atom. The standard InChI is InChI=1S/C7H17N.C6H14.C5H12O/c1-7(2)5-6-8(3)4;1-4-5-6(2)3;1-5(2)3-4-6/h7H,5-6H2,1-4H3;6H,4-5H2,1-3H3;5-6H,3-4H2,1-2H3. The molecule has 20 heavy (non-hydrogen) atoms. The lowest BCUT2D eigenvalue weighted by Gasteiger charge is -2.10. The first kappa shape index (κ1) is 24.9. The van der Waals surface area contributed by atoms with E-state index in [0.717, 1.165) is 18.3 Å². The van der Waals surface area contributed by atoms with Gasteiger partial charge in [-0.2, -0.15) is 0 Å². The number of rotatable bonds is 7. The zero-order chi connectivity index (χ0) is 16.6. The van der Waals surface area contributed by atoms with E-state index in [1.807, 2.05) is 0 Å². The minimum absolute atomic E-state index is 0.331. The van der Waals surface area contributed by atoms with E-state index in [-0.39, 0.29) is 0 Å². The molecule has 0 aliphatic rings. The van der Waals surface area contributed by atoms with E-state index in [4.69, 9.17) is 5.11 Å². The highest BCUT2D eigenvalue weighted by molar-refractivity contribution is 4.47. The van der Waals surface area contributed by atoms with Crippen LogP contribution in [0.1, 0.15) is 74.1 Å². The van der Waals surface area contributed by atoms with Crippen LogP contribution in [0, 0.1) is 17.8 Å². The molecule has 0 aromatic carbocycles. The Morgan fingerprint density at radius 1 is 0.750 bits per heavy atom. The molecule has 0 fully saturated rings. The van der Waals surface area contributed by atoms with Crippen molar-refractivity contribution in [1.29, 1.82) is 0 Å². The molecule has 0 saturated heterocycles. The Labute approximate surface area is 130 Å². The van der Waals surface area contributed by atoms with Crippen molar-refractivity contribution in [1.82, 2.24) is 4.90 Å². The van der Waals surface area contributed by atoms with Crippen molar-refractivity contribution in [2.45, 2.75) is 74.1 Å². The van der Waals surface area contributed by atoms with Crippen molar-refractivity contribution >= 4 is 0 Å². The highest BCUT2D eigenvalue weighted by Crippen LogP contribution is 2.00. The van der Waals surface area contributed by atoms with Crippen molar-refractivity contribution < 1.29 is 5.11 Å². The topological polar surface area (TPSA) is 23.5 Å². The average Bonchev–Trinajstić information content (AvgIpc) is 2.27. The van der Waals surface area contributed by atoms with E-state index < -0.39 is 0 Å². The first-order valence-electron chi connectivity index (χ1n) is 8.42. The maximum Gasteiger partial charge on any atom is 0.0433 e. The van der Waals surface area contributed by atoms with Crippen LogP contribution in [0.5, 0.6) is 0 Å². The second-order valence-electron chi connectivity index (χ2n) is 7.07. The minimum Gasteiger partial charge on any atom is -0.396 e. The Kier molecular flexibility index (Phi) is 23.6. The van der Waals surface area contributed by atoms with Crippen LogP contribution in [0.3, 0.4) is 0 Å². The molecule has 0 amide bonds. The summed E-state index contributed by atoms with van der Waals surface area (Å²) in [5.41, 5.74) is 0. The molecular formula is C18H43NO. The second kappa shape index (κ2) is 18.9. The molecule has 0 unspecified atom stereocenters. The summed E-state index contributed by atoms with van der Waals surface area (Å²) in [5.74, 6) is 2.39. The van der Waals surface area contributed by atoms with Crippen molar-refractivity contribution in [3.8, 4) is 0 Å². The number of hydrogen-bond acceptors (Lipinski definition) is 2. The van der Waals surface area contributed by atoms with Gasteiger partial charge in [-0.15, -0.1) is 0 Å². The maximum absolute atomic E-state index is 8.24. The summed E-state index contributed by atoms with van der Waals surface area (Å²) < 4.78 is 0. The molecule has 0 aliphatic carbocycles. The summed E-state index contributed by atoms with van der Waals surface area (Å²) in [4.78, 5) is 2.22. The van der Waals surface area contributed by atoms with Crippen LogP contribution in [-0.4, -0.2) is 37.3 Å². The van der Waals surface area contributed by atoms with Gasteiger partial charge >= 0.3 is 0 Å². The molecule has 0 spiro atoms. The first-order chi connectivity index (χ1) is 9.17. The lowest BCUT2D eigenvalue weighted by molar-refractivity contribution is 0.268. The summed E-state index contributed by atoms with van der Waals surface area (Å²) >= 11 is 0. The van der Waals surface area contributed by atoms with Crippen LogP contribution in [0.4, 0.5) is 0 Å². The molecular weight excluding hydrogens is 246 g/mol. The smallest absolute Gasteiger partial charge is 0.0433 e. The first-order valence-corrected chi connectivity index (χ1v) is 8.42. The fourth-order valence-electron chi connectivity index (χ4n) is 1.35. The van der Waals surface area contributed by atoms with E-state index in [1.165, 1.54) is 25.8 Å². The van der Waals surface area contributed by atoms with Crippen molar-refractivity contribution in [3.63, 3.8) is 0 Å². The van der Waals surface area contributed by atoms with Crippen molar-refractivity contribution in [2.75, 3.05) is 27.2 Å². The summed E-state index contributed by atoms with van der Waals surface area (Å²) in [6.07, 6.45) is 4.95. The Hall–Kier alpha value is -0.0800. The van der Waals surface area contributed by atoms with Crippen LogP contribution in [0.2, 0.25) is 0 Å². The summed E-state index contributed by atoms with van der Waals surface area (Å²) in [5, 5.41) is 8.24. The van der Waals surface area contributed by atoms with Gasteiger partial charge in [-0.05, 0) is 51.2 Å². The minimum atomic E-state index is 0.331.